The van der Waals surface area contributed by atoms with Crippen LogP contribution in [0.3, 0.4) is 0 Å². The SMILES string of the molecule is CCCCCC(CC)SC(=O)C(O)Cc1cc(C(C)(C)C)c(O)c(C(C)(C)C)c1. The Hall–Kier alpha value is -1.00. The number of carbonyl (C=O) groups excluding carboxylic acids is 1. The van der Waals surface area contributed by atoms with E-state index in [2.05, 4.69) is 55.4 Å². The Morgan fingerprint density at radius 1 is 1.00 bits per heavy atom. The first-order chi connectivity index (χ1) is 13.3. The fourth-order valence-corrected chi connectivity index (χ4v) is 4.49. The van der Waals surface area contributed by atoms with Crippen molar-refractivity contribution >= 4 is 16.9 Å². The van der Waals surface area contributed by atoms with Crippen molar-refractivity contribution in [3.8, 4) is 5.75 Å². The van der Waals surface area contributed by atoms with Crippen molar-refractivity contribution in [2.24, 2.45) is 0 Å². The zero-order valence-electron chi connectivity index (χ0n) is 19.8. The molecule has 0 saturated carbocycles. The summed E-state index contributed by atoms with van der Waals surface area (Å²) < 4.78 is 0. The quantitative estimate of drug-likeness (QED) is 0.445. The fraction of sp³-hybridized carbons (Fsp3) is 0.720. The van der Waals surface area contributed by atoms with Gasteiger partial charge in [-0.25, -0.2) is 0 Å². The Kier molecular flexibility index (Phi) is 9.75. The minimum absolute atomic E-state index is 0.143. The molecule has 0 radical (unpaired) electrons. The van der Waals surface area contributed by atoms with E-state index in [4.69, 9.17) is 0 Å². The first-order valence-electron chi connectivity index (χ1n) is 11.1. The molecule has 2 unspecified atom stereocenters. The molecule has 4 heteroatoms. The van der Waals surface area contributed by atoms with Crippen molar-refractivity contribution in [2.75, 3.05) is 0 Å². The van der Waals surface area contributed by atoms with Gasteiger partial charge in [-0.15, -0.1) is 0 Å². The summed E-state index contributed by atoms with van der Waals surface area (Å²) in [6.45, 7) is 16.7. The van der Waals surface area contributed by atoms with Crippen molar-refractivity contribution in [3.63, 3.8) is 0 Å². The van der Waals surface area contributed by atoms with Gasteiger partial charge in [0.25, 0.3) is 0 Å². The van der Waals surface area contributed by atoms with Gasteiger partial charge in [0.1, 0.15) is 11.9 Å². The van der Waals surface area contributed by atoms with Crippen LogP contribution in [0.25, 0.3) is 0 Å². The minimum atomic E-state index is -1.02. The molecule has 1 rings (SSSR count). The molecule has 166 valence electrons. The monoisotopic (exact) mass is 422 g/mol. The van der Waals surface area contributed by atoms with E-state index < -0.39 is 6.10 Å². The molecule has 0 bridgehead atoms. The highest BCUT2D eigenvalue weighted by Gasteiger charge is 2.28. The van der Waals surface area contributed by atoms with Crippen LogP contribution in [0.2, 0.25) is 0 Å². The van der Waals surface area contributed by atoms with Crippen LogP contribution < -0.4 is 0 Å². The van der Waals surface area contributed by atoms with Crippen molar-refractivity contribution in [2.45, 2.75) is 116 Å². The third-order valence-electron chi connectivity index (χ3n) is 5.35. The lowest BCUT2D eigenvalue weighted by molar-refractivity contribution is -0.118. The van der Waals surface area contributed by atoms with E-state index in [1.807, 2.05) is 12.1 Å². The second kappa shape index (κ2) is 10.9. The van der Waals surface area contributed by atoms with Crippen LogP contribution in [0.5, 0.6) is 5.75 Å². The Labute approximate surface area is 182 Å². The van der Waals surface area contributed by atoms with Gasteiger partial charge in [0.2, 0.25) is 5.12 Å². The molecule has 1 aromatic carbocycles. The Bertz CT molecular complexity index is 633. The van der Waals surface area contributed by atoms with Gasteiger partial charge in [-0.05, 0) is 40.4 Å². The summed E-state index contributed by atoms with van der Waals surface area (Å²) in [7, 11) is 0. The molecule has 0 heterocycles. The number of thioether (sulfide) groups is 1. The fourth-order valence-electron chi connectivity index (χ4n) is 3.47. The summed E-state index contributed by atoms with van der Waals surface area (Å²) in [5.74, 6) is 0.325. The number of unbranched alkanes of at least 4 members (excludes halogenated alkanes) is 2. The molecule has 0 saturated heterocycles. The number of rotatable bonds is 9. The first-order valence-corrected chi connectivity index (χ1v) is 11.9. The first kappa shape index (κ1) is 26.0. The van der Waals surface area contributed by atoms with Crippen molar-refractivity contribution in [1.82, 2.24) is 0 Å². The van der Waals surface area contributed by atoms with E-state index in [0.29, 0.717) is 5.75 Å². The second-order valence-electron chi connectivity index (χ2n) is 10.2. The van der Waals surface area contributed by atoms with E-state index >= 15 is 0 Å². The van der Waals surface area contributed by atoms with Crippen molar-refractivity contribution in [1.29, 1.82) is 0 Å². The molecule has 0 fully saturated rings. The maximum absolute atomic E-state index is 12.6. The van der Waals surface area contributed by atoms with Crippen LogP contribution in [0.15, 0.2) is 12.1 Å². The lowest BCUT2D eigenvalue weighted by Gasteiger charge is -2.28. The van der Waals surface area contributed by atoms with Gasteiger partial charge >= 0.3 is 0 Å². The maximum atomic E-state index is 12.6. The van der Waals surface area contributed by atoms with E-state index in [9.17, 15) is 15.0 Å². The zero-order valence-corrected chi connectivity index (χ0v) is 20.6. The average Bonchev–Trinajstić information content (AvgIpc) is 2.60. The Balaban J connectivity index is 3.02. The average molecular weight is 423 g/mol. The van der Waals surface area contributed by atoms with Gasteiger partial charge in [0.05, 0.1) is 0 Å². The Morgan fingerprint density at radius 3 is 1.93 bits per heavy atom. The third kappa shape index (κ3) is 7.97. The van der Waals surface area contributed by atoms with Gasteiger partial charge in [-0.2, -0.15) is 0 Å². The maximum Gasteiger partial charge on any atom is 0.218 e. The number of aliphatic hydroxyl groups is 1. The molecule has 0 spiro atoms. The summed E-state index contributed by atoms with van der Waals surface area (Å²) in [6, 6.07) is 3.90. The summed E-state index contributed by atoms with van der Waals surface area (Å²) >= 11 is 1.31. The number of aliphatic hydroxyl groups excluding tert-OH is 1. The molecule has 3 nitrogen and oxygen atoms in total. The van der Waals surface area contributed by atoms with E-state index in [1.165, 1.54) is 24.6 Å². The van der Waals surface area contributed by atoms with Gasteiger partial charge in [0.15, 0.2) is 0 Å². The number of hydrogen-bond acceptors (Lipinski definition) is 4. The predicted octanol–water partition coefficient (Wildman–Crippen LogP) is 6.51. The van der Waals surface area contributed by atoms with Crippen LogP contribution in [0, 0.1) is 0 Å². The lowest BCUT2D eigenvalue weighted by atomic mass is 9.78. The van der Waals surface area contributed by atoms with Crippen LogP contribution in [-0.2, 0) is 22.0 Å². The van der Waals surface area contributed by atoms with Gasteiger partial charge in [-0.1, -0.05) is 98.5 Å². The second-order valence-corrected chi connectivity index (χ2v) is 11.5. The van der Waals surface area contributed by atoms with Gasteiger partial charge in [-0.3, -0.25) is 4.79 Å². The molecule has 2 atom stereocenters. The molecule has 29 heavy (non-hydrogen) atoms. The molecule has 0 aliphatic rings. The molecule has 0 aliphatic heterocycles. The number of hydrogen-bond donors (Lipinski definition) is 2. The standard InChI is InChI=1S/C25H42O3S/c1-9-11-12-13-18(10-2)29-23(28)21(26)16-17-14-19(24(3,4)5)22(27)20(15-17)25(6,7)8/h14-15,18,21,26-27H,9-13,16H2,1-8H3. The number of aromatic hydroxyl groups is 1. The van der Waals surface area contributed by atoms with Crippen LogP contribution in [-0.4, -0.2) is 26.7 Å². The molecular weight excluding hydrogens is 380 g/mol. The summed E-state index contributed by atoms with van der Waals surface area (Å²) in [5, 5.41) is 21.6. The van der Waals surface area contributed by atoms with Crippen LogP contribution in [0.1, 0.15) is 104 Å². The van der Waals surface area contributed by atoms with E-state index in [1.54, 1.807) is 0 Å². The number of phenols is 1. The molecule has 1 aromatic rings. The smallest absolute Gasteiger partial charge is 0.218 e. The van der Waals surface area contributed by atoms with Gasteiger partial charge < -0.3 is 10.2 Å². The summed E-state index contributed by atoms with van der Waals surface area (Å²) in [5.41, 5.74) is 2.17. The molecule has 0 aromatic heterocycles. The highest BCUT2D eigenvalue weighted by Crippen LogP contribution is 2.40. The zero-order chi connectivity index (χ0) is 22.4. The third-order valence-corrected chi connectivity index (χ3v) is 6.76. The van der Waals surface area contributed by atoms with Crippen molar-refractivity contribution < 1.29 is 15.0 Å². The molecule has 0 amide bonds. The number of carbonyl (C=O) groups is 1. The number of phenolic OH excluding ortho intramolecular Hbond substituents is 1. The molecule has 2 N–H and O–H groups in total. The highest BCUT2D eigenvalue weighted by molar-refractivity contribution is 8.14. The normalized spacial score (nSPS) is 14.7. The topological polar surface area (TPSA) is 57.5 Å². The largest absolute Gasteiger partial charge is 0.507 e. The summed E-state index contributed by atoms with van der Waals surface area (Å²) in [6.07, 6.45) is 4.71. The molecule has 0 aliphatic carbocycles. The van der Waals surface area contributed by atoms with Crippen molar-refractivity contribution in [3.05, 3.63) is 28.8 Å². The van der Waals surface area contributed by atoms with E-state index in [0.717, 1.165) is 36.0 Å². The van der Waals surface area contributed by atoms with Crippen LogP contribution >= 0.6 is 11.8 Å². The van der Waals surface area contributed by atoms with Gasteiger partial charge in [0, 0.05) is 11.7 Å². The molecular formula is C25H42O3S. The minimum Gasteiger partial charge on any atom is -0.507 e. The predicted molar refractivity (Wildman–Crippen MR) is 126 cm³/mol. The number of benzene rings is 1. The summed E-state index contributed by atoms with van der Waals surface area (Å²) in [4.78, 5) is 12.6. The lowest BCUT2D eigenvalue weighted by Crippen LogP contribution is -2.24. The Morgan fingerprint density at radius 2 is 1.52 bits per heavy atom. The highest BCUT2D eigenvalue weighted by atomic mass is 32.2. The van der Waals surface area contributed by atoms with E-state index in [-0.39, 0.29) is 27.6 Å². The van der Waals surface area contributed by atoms with Crippen LogP contribution in [0.4, 0.5) is 0 Å².